The molecule has 0 radical (unpaired) electrons. The minimum atomic E-state index is -1.95. The Kier molecular flexibility index (Phi) is 21.8. The standard InChI is InChI=1S/C51H75N13O15/c1-28-23-63(43(74)57-35(28)66)25-32(37(68)59-48(6,7)39(70)54-31(34(52)65)21-17-18-22-53-45(76)79-47(3,4)5)55-40(71)49(8,9)61-42(73)51(12,13)60-38(69)33(26-64-24-29(2)36(67)58-44(64)75)56-41(72)50(10,11)62-46(77)78-27-30-19-15-14-16-20-30/h14-16,19-20,23-24,31-33H,17-18,21-22,25-27H2,1-13H3,(H2,52,65)(H,53,76)(H,54,70)(H,55,71)(H,56,72)(H,59,68)(H,60,69)(H,61,73)(H,62,77)(H,57,66,74)(H,58,67,75)/t31-,32-,33-/m0/s1. The second kappa shape index (κ2) is 26.6. The van der Waals surface area contributed by atoms with Gasteiger partial charge in [-0.15, -0.1) is 0 Å². The van der Waals surface area contributed by atoms with E-state index in [0.29, 0.717) is 18.4 Å². The van der Waals surface area contributed by atoms with Crippen molar-refractivity contribution >= 4 is 53.5 Å². The Morgan fingerprint density at radius 1 is 0.557 bits per heavy atom. The van der Waals surface area contributed by atoms with Crippen LogP contribution in [0.15, 0.2) is 61.9 Å². The van der Waals surface area contributed by atoms with Gasteiger partial charge in [-0.1, -0.05) is 30.3 Å². The summed E-state index contributed by atoms with van der Waals surface area (Å²) in [6.45, 7) is 16.9. The molecule has 2 heterocycles. The topological polar surface area (TPSA) is 404 Å². The molecule has 0 bridgehead atoms. The van der Waals surface area contributed by atoms with Gasteiger partial charge in [-0.3, -0.25) is 62.3 Å². The highest BCUT2D eigenvalue weighted by atomic mass is 16.6. The van der Waals surface area contributed by atoms with Crippen LogP contribution in [0, 0.1) is 13.8 Å². The quantitative estimate of drug-likeness (QED) is 0.0441. The number of alkyl carbamates (subject to hydrolysis) is 2. The lowest BCUT2D eigenvalue weighted by atomic mass is 9.97. The minimum absolute atomic E-state index is 0.0517. The number of aromatic amines is 2. The van der Waals surface area contributed by atoms with Crippen molar-refractivity contribution < 1.29 is 52.6 Å². The number of hydrogen-bond acceptors (Lipinski definition) is 15. The van der Waals surface area contributed by atoms with Crippen LogP contribution in [0.3, 0.4) is 0 Å². The number of H-pyrrole nitrogens is 2. The molecule has 9 amide bonds. The Balaban J connectivity index is 1.83. The summed E-state index contributed by atoms with van der Waals surface area (Å²) < 4.78 is 12.3. The Bertz CT molecular complexity index is 3000. The number of nitrogens with one attached hydrogen (secondary N) is 10. The molecule has 0 aliphatic heterocycles. The number of amides is 9. The van der Waals surface area contributed by atoms with E-state index in [1.807, 2.05) is 0 Å². The van der Waals surface area contributed by atoms with Crippen LogP contribution in [0.25, 0.3) is 0 Å². The number of carbonyl (C=O) groups is 9. The fraction of sp³-hybridized carbons (Fsp3) is 0.549. The summed E-state index contributed by atoms with van der Waals surface area (Å²) in [4.78, 5) is 176. The maximum absolute atomic E-state index is 14.2. The van der Waals surface area contributed by atoms with Crippen molar-refractivity contribution in [2.75, 3.05) is 6.54 Å². The van der Waals surface area contributed by atoms with Gasteiger partial charge in [0.15, 0.2) is 0 Å². The highest BCUT2D eigenvalue weighted by molar-refractivity contribution is 6.00. The van der Waals surface area contributed by atoms with Gasteiger partial charge >= 0.3 is 23.6 Å². The number of rotatable bonds is 25. The van der Waals surface area contributed by atoms with Crippen LogP contribution in [0.2, 0.25) is 0 Å². The summed E-state index contributed by atoms with van der Waals surface area (Å²) in [5.74, 6) is -6.84. The number of unbranched alkanes of at least 4 members (excludes halogenated alkanes) is 1. The van der Waals surface area contributed by atoms with Crippen LogP contribution in [0.1, 0.15) is 112 Å². The molecule has 0 saturated carbocycles. The molecule has 3 atom stereocenters. The molecule has 0 saturated heterocycles. The molecular formula is C51H75N13O15. The van der Waals surface area contributed by atoms with Gasteiger partial charge in [0.05, 0.1) is 13.1 Å². The maximum atomic E-state index is 14.2. The first-order valence-corrected chi connectivity index (χ1v) is 25.1. The highest BCUT2D eigenvalue weighted by Crippen LogP contribution is 2.14. The second-order valence-corrected chi connectivity index (χ2v) is 22.0. The summed E-state index contributed by atoms with van der Waals surface area (Å²) in [5.41, 5.74) is -5.13. The fourth-order valence-corrected chi connectivity index (χ4v) is 7.04. The molecule has 0 spiro atoms. The first-order valence-electron chi connectivity index (χ1n) is 25.1. The molecule has 79 heavy (non-hydrogen) atoms. The molecule has 1 aromatic carbocycles. The van der Waals surface area contributed by atoms with Gasteiger partial charge in [0.25, 0.3) is 11.1 Å². The zero-order valence-electron chi connectivity index (χ0n) is 46.8. The van der Waals surface area contributed by atoms with Crippen molar-refractivity contribution in [3.63, 3.8) is 0 Å². The molecule has 3 rings (SSSR count). The lowest BCUT2D eigenvalue weighted by Crippen LogP contribution is -2.67. The lowest BCUT2D eigenvalue weighted by Gasteiger charge is -2.34. The molecule has 0 fully saturated rings. The van der Waals surface area contributed by atoms with Crippen molar-refractivity contribution in [2.45, 2.75) is 175 Å². The Labute approximate surface area is 454 Å². The molecule has 28 heteroatoms. The first-order chi connectivity index (χ1) is 36.3. The number of hydrogen-bond donors (Lipinski definition) is 11. The van der Waals surface area contributed by atoms with E-state index in [1.54, 1.807) is 51.1 Å². The predicted molar refractivity (Wildman–Crippen MR) is 286 cm³/mol. The molecule has 3 aromatic rings. The summed E-state index contributed by atoms with van der Waals surface area (Å²) in [5, 5.41) is 20.0. The Hall–Kier alpha value is -8.59. The van der Waals surface area contributed by atoms with Gasteiger partial charge in [-0.05, 0) is 115 Å². The number of benzene rings is 1. The van der Waals surface area contributed by atoms with Gasteiger partial charge in [-0.25, -0.2) is 19.2 Å². The molecular weight excluding hydrogens is 1030 g/mol. The first kappa shape index (κ1) is 64.7. The van der Waals surface area contributed by atoms with Gasteiger partial charge in [0.2, 0.25) is 41.4 Å². The second-order valence-electron chi connectivity index (χ2n) is 22.0. The maximum Gasteiger partial charge on any atom is 0.408 e. The molecule has 28 nitrogen and oxygen atoms in total. The summed E-state index contributed by atoms with van der Waals surface area (Å²) >= 11 is 0. The van der Waals surface area contributed by atoms with E-state index in [9.17, 15) is 62.3 Å². The van der Waals surface area contributed by atoms with E-state index in [0.717, 1.165) is 21.5 Å². The molecule has 12 N–H and O–H groups in total. The zero-order chi connectivity index (χ0) is 60.0. The third kappa shape index (κ3) is 20.1. The van der Waals surface area contributed by atoms with E-state index in [4.69, 9.17) is 15.2 Å². The van der Waals surface area contributed by atoms with Crippen molar-refractivity contribution in [1.82, 2.24) is 61.6 Å². The van der Waals surface area contributed by atoms with E-state index < -0.39 is 135 Å². The number of aromatic nitrogens is 4. The predicted octanol–water partition coefficient (Wildman–Crippen LogP) is -1.27. The smallest absolute Gasteiger partial charge is 0.408 e. The normalized spacial score (nSPS) is 13.0. The van der Waals surface area contributed by atoms with E-state index in [-0.39, 0.29) is 30.7 Å². The molecule has 0 aliphatic rings. The van der Waals surface area contributed by atoms with Gasteiger partial charge in [-0.2, -0.15) is 0 Å². The van der Waals surface area contributed by atoms with E-state index in [1.165, 1.54) is 69.2 Å². The van der Waals surface area contributed by atoms with Crippen LogP contribution in [0.4, 0.5) is 9.59 Å². The Morgan fingerprint density at radius 3 is 1.42 bits per heavy atom. The summed E-state index contributed by atoms with van der Waals surface area (Å²) in [6, 6.07) is 4.08. The number of nitrogens with two attached hydrogens (primary N) is 1. The molecule has 434 valence electrons. The van der Waals surface area contributed by atoms with Crippen LogP contribution < -0.4 is 70.8 Å². The number of nitrogens with zero attached hydrogens (tertiary/aromatic N) is 2. The molecule has 0 aliphatic carbocycles. The fourth-order valence-electron chi connectivity index (χ4n) is 7.04. The van der Waals surface area contributed by atoms with Crippen molar-refractivity contribution in [1.29, 1.82) is 0 Å². The number of primary amides is 1. The SMILES string of the molecule is Cc1cn(C[C@H](NC(=O)C(C)(C)NC(=O)OCc2ccccc2)C(=O)NC(C)(C)C(=O)NC(C)(C)C(=O)N[C@@H](Cn2cc(C)c(=O)[nH]c2=O)C(=O)NC(C)(C)C(=O)N[C@@H](CCCCNC(=O)OC(C)(C)C)C(N)=O)c(=O)[nH]c1=O. The van der Waals surface area contributed by atoms with Crippen LogP contribution in [0.5, 0.6) is 0 Å². The number of aryl methyl sites for hydroxylation is 2. The number of carbonyl (C=O) groups excluding carboxylic acids is 9. The molecule has 0 unspecified atom stereocenters. The van der Waals surface area contributed by atoms with E-state index in [2.05, 4.69) is 52.5 Å². The largest absolute Gasteiger partial charge is 0.445 e. The van der Waals surface area contributed by atoms with Crippen molar-refractivity contribution in [3.05, 3.63) is 101 Å². The van der Waals surface area contributed by atoms with Crippen molar-refractivity contribution in [3.8, 4) is 0 Å². The monoisotopic (exact) mass is 1110 g/mol. The zero-order valence-corrected chi connectivity index (χ0v) is 46.8. The van der Waals surface area contributed by atoms with Gasteiger partial charge < -0.3 is 57.7 Å². The third-order valence-corrected chi connectivity index (χ3v) is 11.8. The van der Waals surface area contributed by atoms with Gasteiger partial charge in [0.1, 0.15) is 52.5 Å². The number of ether oxygens (including phenoxy) is 2. The third-order valence-electron chi connectivity index (χ3n) is 11.8. The summed E-state index contributed by atoms with van der Waals surface area (Å²) in [7, 11) is 0. The van der Waals surface area contributed by atoms with Crippen LogP contribution in [-0.2, 0) is 62.7 Å². The minimum Gasteiger partial charge on any atom is -0.445 e. The lowest BCUT2D eigenvalue weighted by molar-refractivity contribution is -0.140. The Morgan fingerprint density at radius 2 is 0.975 bits per heavy atom. The van der Waals surface area contributed by atoms with Gasteiger partial charge in [0, 0.05) is 30.1 Å². The molecule has 2 aromatic heterocycles. The van der Waals surface area contributed by atoms with Crippen LogP contribution in [-0.4, -0.2) is 125 Å². The van der Waals surface area contributed by atoms with E-state index >= 15 is 0 Å². The average molecular weight is 1110 g/mol. The van der Waals surface area contributed by atoms with Crippen LogP contribution >= 0.6 is 0 Å². The highest BCUT2D eigenvalue weighted by Gasteiger charge is 2.42. The van der Waals surface area contributed by atoms with Crippen molar-refractivity contribution in [2.24, 2.45) is 5.73 Å². The summed E-state index contributed by atoms with van der Waals surface area (Å²) in [6.07, 6.45) is 1.42. The average Bonchev–Trinajstić information content (AvgIpc) is 3.32.